The topological polar surface area (TPSA) is 66.3 Å². The molecule has 0 bridgehead atoms. The van der Waals surface area contributed by atoms with Crippen LogP contribution in [0.1, 0.15) is 29.9 Å². The van der Waals surface area contributed by atoms with Crippen LogP contribution in [0.3, 0.4) is 0 Å². The molecule has 2 aromatic carbocycles. The molecule has 3 aromatic heterocycles. The summed E-state index contributed by atoms with van der Waals surface area (Å²) in [5.41, 5.74) is 4.17. The number of thiophene rings is 1. The summed E-state index contributed by atoms with van der Waals surface area (Å²) in [7, 11) is 0. The van der Waals surface area contributed by atoms with Crippen molar-refractivity contribution in [1.82, 2.24) is 24.3 Å². The number of nitrogens with one attached hydrogen (secondary N) is 1. The molecule has 0 spiro atoms. The van der Waals surface area contributed by atoms with Gasteiger partial charge in [-0.15, -0.1) is 11.3 Å². The predicted octanol–water partition coefficient (Wildman–Crippen LogP) is 6.36. The highest BCUT2D eigenvalue weighted by molar-refractivity contribution is 7.19. The van der Waals surface area contributed by atoms with Crippen LogP contribution in [-0.2, 0) is 24.3 Å². The molecular weight excluding hydrogens is 535 g/mol. The van der Waals surface area contributed by atoms with Gasteiger partial charge in [-0.05, 0) is 67.0 Å². The number of nitrogens with zero attached hydrogens (tertiary/aromatic N) is 5. The minimum atomic E-state index is -0.223. The number of fused-ring (bicyclic) bond motifs is 4. The lowest BCUT2D eigenvalue weighted by Gasteiger charge is -2.26. The molecule has 0 saturated carbocycles. The van der Waals surface area contributed by atoms with Gasteiger partial charge in [0, 0.05) is 53.4 Å². The van der Waals surface area contributed by atoms with E-state index in [9.17, 15) is 9.18 Å². The van der Waals surface area contributed by atoms with Gasteiger partial charge in [-0.3, -0.25) is 4.79 Å². The summed E-state index contributed by atoms with van der Waals surface area (Å²) < 4.78 is 15.8. The monoisotopic (exact) mass is 568 g/mol. The number of halogens is 1. The maximum absolute atomic E-state index is 13.7. The van der Waals surface area contributed by atoms with Crippen LogP contribution in [0, 0.1) is 5.82 Å². The lowest BCUT2D eigenvalue weighted by Crippen LogP contribution is -2.34. The van der Waals surface area contributed by atoms with Gasteiger partial charge < -0.3 is 19.7 Å². The molecule has 0 radical (unpaired) electrons. The normalized spacial score (nSPS) is 13.5. The predicted molar refractivity (Wildman–Crippen MR) is 164 cm³/mol. The van der Waals surface area contributed by atoms with Gasteiger partial charge in [-0.1, -0.05) is 32.1 Å². The molecule has 0 unspecified atom stereocenters. The smallest absolute Gasteiger partial charge is 0.246 e. The highest BCUT2D eigenvalue weighted by Gasteiger charge is 2.25. The van der Waals surface area contributed by atoms with Gasteiger partial charge in [0.15, 0.2) is 0 Å². The molecule has 5 aromatic rings. The Morgan fingerprint density at radius 2 is 2.02 bits per heavy atom. The first kappa shape index (κ1) is 27.1. The lowest BCUT2D eigenvalue weighted by atomic mass is 10.0. The van der Waals surface area contributed by atoms with Crippen molar-refractivity contribution in [2.45, 2.75) is 33.4 Å². The van der Waals surface area contributed by atoms with Crippen molar-refractivity contribution in [3.8, 4) is 0 Å². The summed E-state index contributed by atoms with van der Waals surface area (Å²) in [5, 5.41) is 5.66. The number of aromatic nitrogens is 3. The number of rotatable bonds is 9. The number of hydrogen-bond donors (Lipinski definition) is 1. The molecule has 41 heavy (non-hydrogen) atoms. The summed E-state index contributed by atoms with van der Waals surface area (Å²) in [5.74, 6) is 0.617. The summed E-state index contributed by atoms with van der Waals surface area (Å²) in [6, 6.07) is 15.0. The number of carbonyl (C=O) groups excluding carboxylic acids is 1. The molecule has 0 saturated heterocycles. The van der Waals surface area contributed by atoms with E-state index in [1.165, 1.54) is 16.5 Å². The summed E-state index contributed by atoms with van der Waals surface area (Å²) in [4.78, 5) is 28.3. The second-order valence-corrected chi connectivity index (χ2v) is 11.4. The number of carbonyl (C=O) groups is 1. The van der Waals surface area contributed by atoms with Gasteiger partial charge in [-0.2, -0.15) is 0 Å². The van der Waals surface area contributed by atoms with E-state index in [2.05, 4.69) is 56.8 Å². The SMILES string of the molecule is CCN(CC)CC=CC(=O)N1CCc2c(sc3ncnc(Nc4ccc5c(ccn5Cc5cccc(F)c5)c4)c23)C1. The van der Waals surface area contributed by atoms with Crippen LogP contribution in [-0.4, -0.2) is 56.4 Å². The molecule has 1 aliphatic heterocycles. The van der Waals surface area contributed by atoms with E-state index in [4.69, 9.17) is 0 Å². The van der Waals surface area contributed by atoms with Crippen LogP contribution < -0.4 is 5.32 Å². The standard InChI is InChI=1S/C32H33FN6OS/c1-3-37(4-2)14-6-9-29(40)39-16-13-26-28(20-39)41-32-30(26)31(34-21-35-32)36-25-10-11-27-23(18-25)12-15-38(27)19-22-7-5-8-24(33)17-22/h5-12,15,17-18,21H,3-4,13-14,16,19-20H2,1-2H3,(H,34,35,36). The van der Waals surface area contributed by atoms with Crippen molar-refractivity contribution in [3.05, 3.63) is 95.0 Å². The van der Waals surface area contributed by atoms with Crippen LogP contribution in [0.4, 0.5) is 15.9 Å². The zero-order valence-corrected chi connectivity index (χ0v) is 24.1. The molecule has 1 aliphatic rings. The molecule has 9 heteroatoms. The third-order valence-corrected chi connectivity index (χ3v) is 8.87. The zero-order valence-electron chi connectivity index (χ0n) is 23.3. The second-order valence-electron chi connectivity index (χ2n) is 10.3. The van der Waals surface area contributed by atoms with Crippen LogP contribution in [0.2, 0.25) is 0 Å². The Bertz CT molecular complexity index is 1740. The average molecular weight is 569 g/mol. The first-order valence-electron chi connectivity index (χ1n) is 14.1. The van der Waals surface area contributed by atoms with Gasteiger partial charge in [0.05, 0.1) is 11.9 Å². The Labute approximate surface area is 242 Å². The van der Waals surface area contributed by atoms with Crippen LogP contribution in [0.25, 0.3) is 21.1 Å². The fourth-order valence-corrected chi connectivity index (χ4v) is 6.69. The molecule has 0 fully saturated rings. The number of likely N-dealkylation sites (N-methyl/N-ethyl adjacent to an activating group) is 1. The number of amides is 1. The Morgan fingerprint density at radius 1 is 1.15 bits per heavy atom. The van der Waals surface area contributed by atoms with Crippen molar-refractivity contribution in [3.63, 3.8) is 0 Å². The highest BCUT2D eigenvalue weighted by atomic mass is 32.1. The van der Waals surface area contributed by atoms with Crippen LogP contribution >= 0.6 is 11.3 Å². The quantitative estimate of drug-likeness (QED) is 0.210. The van der Waals surface area contributed by atoms with Crippen molar-refractivity contribution >= 4 is 49.9 Å². The van der Waals surface area contributed by atoms with E-state index in [1.54, 1.807) is 35.9 Å². The first-order chi connectivity index (χ1) is 20.0. The molecule has 4 heterocycles. The number of anilines is 2. The van der Waals surface area contributed by atoms with E-state index in [0.717, 1.165) is 64.2 Å². The number of hydrogen-bond acceptors (Lipinski definition) is 6. The van der Waals surface area contributed by atoms with Crippen LogP contribution in [0.15, 0.2) is 73.2 Å². The maximum atomic E-state index is 13.7. The third kappa shape index (κ3) is 5.73. The molecule has 6 rings (SSSR count). The molecule has 210 valence electrons. The largest absolute Gasteiger partial charge is 0.343 e. The van der Waals surface area contributed by atoms with E-state index in [0.29, 0.717) is 19.6 Å². The Hall–Kier alpha value is -4.08. The molecule has 0 aliphatic carbocycles. The Balaban J connectivity index is 1.20. The zero-order chi connectivity index (χ0) is 28.3. The fraction of sp³-hybridized carbons (Fsp3) is 0.281. The fourth-order valence-electron chi connectivity index (χ4n) is 5.49. The van der Waals surface area contributed by atoms with Gasteiger partial charge in [0.25, 0.3) is 0 Å². The van der Waals surface area contributed by atoms with Crippen molar-refractivity contribution in [2.75, 3.05) is 31.5 Å². The van der Waals surface area contributed by atoms with Gasteiger partial charge >= 0.3 is 0 Å². The highest BCUT2D eigenvalue weighted by Crippen LogP contribution is 2.38. The van der Waals surface area contributed by atoms with E-state index >= 15 is 0 Å². The van der Waals surface area contributed by atoms with E-state index < -0.39 is 0 Å². The van der Waals surface area contributed by atoms with Crippen molar-refractivity contribution in [2.24, 2.45) is 0 Å². The minimum Gasteiger partial charge on any atom is -0.343 e. The van der Waals surface area contributed by atoms with Gasteiger partial charge in [-0.25, -0.2) is 14.4 Å². The Kier molecular flexibility index (Phi) is 7.80. The van der Waals surface area contributed by atoms with Gasteiger partial charge in [0.1, 0.15) is 22.8 Å². The minimum absolute atomic E-state index is 0.0577. The summed E-state index contributed by atoms with van der Waals surface area (Å²) in [6.07, 6.45) is 8.08. The maximum Gasteiger partial charge on any atom is 0.246 e. The van der Waals surface area contributed by atoms with E-state index in [1.807, 2.05) is 29.3 Å². The molecular formula is C32H33FN6OS. The molecule has 1 N–H and O–H groups in total. The Morgan fingerprint density at radius 3 is 2.85 bits per heavy atom. The average Bonchev–Trinajstić information content (AvgIpc) is 3.56. The summed E-state index contributed by atoms with van der Waals surface area (Å²) >= 11 is 1.64. The summed E-state index contributed by atoms with van der Waals surface area (Å²) in [6.45, 7) is 8.86. The lowest BCUT2D eigenvalue weighted by molar-refractivity contribution is -0.126. The third-order valence-electron chi connectivity index (χ3n) is 7.74. The first-order valence-corrected chi connectivity index (χ1v) is 14.9. The van der Waals surface area contributed by atoms with Crippen molar-refractivity contribution in [1.29, 1.82) is 0 Å². The van der Waals surface area contributed by atoms with Crippen molar-refractivity contribution < 1.29 is 9.18 Å². The number of benzene rings is 2. The molecule has 7 nitrogen and oxygen atoms in total. The van der Waals surface area contributed by atoms with Crippen LogP contribution in [0.5, 0.6) is 0 Å². The molecule has 1 amide bonds. The molecule has 0 atom stereocenters. The van der Waals surface area contributed by atoms with Gasteiger partial charge in [0.2, 0.25) is 5.91 Å². The van der Waals surface area contributed by atoms with E-state index in [-0.39, 0.29) is 11.7 Å². The second kappa shape index (κ2) is 11.8.